The van der Waals surface area contributed by atoms with Gasteiger partial charge >= 0.3 is 0 Å². The van der Waals surface area contributed by atoms with E-state index in [1.165, 1.54) is 38.5 Å². The molecule has 0 aromatic heterocycles. The minimum atomic E-state index is -2.74. The maximum Gasteiger partial charge on any atom is 0.217 e. The molecule has 5 nitrogen and oxygen atoms in total. The first-order valence-electron chi connectivity index (χ1n) is 8.21. The van der Waals surface area contributed by atoms with Crippen LogP contribution in [0.4, 0.5) is 0 Å². The topological polar surface area (TPSA) is 80.5 Å². The summed E-state index contributed by atoms with van der Waals surface area (Å²) in [6.45, 7) is 2.46. The van der Waals surface area contributed by atoms with Gasteiger partial charge in [-0.1, -0.05) is 38.5 Å². The molecule has 1 amide bonds. The average molecular weight is 318 g/mol. The highest BCUT2D eigenvalue weighted by molar-refractivity contribution is 7.91. The monoisotopic (exact) mass is 318 g/mol. The zero-order valence-corrected chi connectivity index (χ0v) is 13.9. The molecule has 1 rings (SSSR count). The van der Waals surface area contributed by atoms with Crippen LogP contribution in [0.5, 0.6) is 0 Å². The molecule has 1 aliphatic heterocycles. The maximum atomic E-state index is 11.3. The number of carbonyl (C=O) groups excluding carboxylic acids is 1. The van der Waals surface area contributed by atoms with Gasteiger partial charge in [0.1, 0.15) is 0 Å². The number of rotatable bonds is 11. The third-order valence-corrected chi connectivity index (χ3v) is 5.69. The Labute approximate surface area is 129 Å². The van der Waals surface area contributed by atoms with Crippen LogP contribution >= 0.6 is 0 Å². The SMILES string of the molecule is NC(=O)CCCCCCCCCCN1CCS(=O)(=O)CC1. The summed E-state index contributed by atoms with van der Waals surface area (Å²) in [5.74, 6) is 0.469. The fourth-order valence-electron chi connectivity index (χ4n) is 2.67. The Morgan fingerprint density at radius 2 is 1.33 bits per heavy atom. The number of nitrogens with zero attached hydrogens (tertiary/aromatic N) is 1. The maximum absolute atomic E-state index is 11.3. The highest BCUT2D eigenvalue weighted by atomic mass is 32.2. The molecular formula is C15H30N2O3S. The van der Waals surface area contributed by atoms with Crippen LogP contribution in [0.2, 0.25) is 0 Å². The fraction of sp³-hybridized carbons (Fsp3) is 0.933. The molecule has 124 valence electrons. The van der Waals surface area contributed by atoms with Crippen molar-refractivity contribution in [1.82, 2.24) is 4.90 Å². The van der Waals surface area contributed by atoms with Gasteiger partial charge in [-0.05, 0) is 19.4 Å². The lowest BCUT2D eigenvalue weighted by Gasteiger charge is -2.26. The summed E-state index contributed by atoms with van der Waals surface area (Å²) in [6.07, 6.45) is 9.88. The van der Waals surface area contributed by atoms with E-state index in [2.05, 4.69) is 4.90 Å². The van der Waals surface area contributed by atoms with Gasteiger partial charge in [0.2, 0.25) is 5.91 Å². The Bertz CT molecular complexity index is 382. The van der Waals surface area contributed by atoms with Crippen molar-refractivity contribution < 1.29 is 13.2 Å². The summed E-state index contributed by atoms with van der Waals surface area (Å²) >= 11 is 0. The van der Waals surface area contributed by atoms with Crippen LogP contribution in [-0.4, -0.2) is 50.4 Å². The van der Waals surface area contributed by atoms with E-state index in [-0.39, 0.29) is 5.91 Å². The molecule has 0 bridgehead atoms. The first-order chi connectivity index (χ1) is 9.99. The molecular weight excluding hydrogens is 288 g/mol. The Morgan fingerprint density at radius 3 is 1.86 bits per heavy atom. The van der Waals surface area contributed by atoms with Gasteiger partial charge in [-0.15, -0.1) is 0 Å². The second kappa shape index (κ2) is 10.2. The van der Waals surface area contributed by atoms with E-state index in [1.54, 1.807) is 0 Å². The van der Waals surface area contributed by atoms with Crippen molar-refractivity contribution in [3.63, 3.8) is 0 Å². The lowest BCUT2D eigenvalue weighted by atomic mass is 10.1. The first kappa shape index (κ1) is 18.4. The lowest BCUT2D eigenvalue weighted by Crippen LogP contribution is -2.40. The molecule has 0 radical (unpaired) electrons. The third kappa shape index (κ3) is 9.85. The quantitative estimate of drug-likeness (QED) is 0.588. The number of primary amides is 1. The van der Waals surface area contributed by atoms with Gasteiger partial charge in [0.15, 0.2) is 9.84 Å². The zero-order valence-electron chi connectivity index (χ0n) is 13.1. The van der Waals surface area contributed by atoms with Crippen LogP contribution in [0.15, 0.2) is 0 Å². The van der Waals surface area contributed by atoms with E-state index in [0.717, 1.165) is 19.4 Å². The number of carbonyl (C=O) groups is 1. The van der Waals surface area contributed by atoms with Crippen LogP contribution in [0.25, 0.3) is 0 Å². The summed E-state index contributed by atoms with van der Waals surface area (Å²) < 4.78 is 22.6. The van der Waals surface area contributed by atoms with Gasteiger partial charge in [0.05, 0.1) is 11.5 Å². The van der Waals surface area contributed by atoms with Crippen molar-refractivity contribution in [3.05, 3.63) is 0 Å². The molecule has 0 unspecified atom stereocenters. The molecule has 1 heterocycles. The van der Waals surface area contributed by atoms with Crippen molar-refractivity contribution in [2.75, 3.05) is 31.1 Å². The predicted molar refractivity (Wildman–Crippen MR) is 85.8 cm³/mol. The van der Waals surface area contributed by atoms with E-state index in [9.17, 15) is 13.2 Å². The predicted octanol–water partition coefficient (Wildman–Crippen LogP) is 1.71. The molecule has 0 spiro atoms. The Kier molecular flexibility index (Phi) is 8.92. The van der Waals surface area contributed by atoms with Gasteiger partial charge in [-0.2, -0.15) is 0 Å². The van der Waals surface area contributed by atoms with E-state index < -0.39 is 9.84 Å². The summed E-state index contributed by atoms with van der Waals surface area (Å²) in [5.41, 5.74) is 5.09. The van der Waals surface area contributed by atoms with E-state index >= 15 is 0 Å². The highest BCUT2D eigenvalue weighted by Gasteiger charge is 2.20. The molecule has 0 saturated carbocycles. The molecule has 0 aliphatic carbocycles. The average Bonchev–Trinajstić information content (AvgIpc) is 2.42. The van der Waals surface area contributed by atoms with Crippen LogP contribution in [-0.2, 0) is 14.6 Å². The molecule has 2 N–H and O–H groups in total. The van der Waals surface area contributed by atoms with E-state index in [0.29, 0.717) is 31.0 Å². The second-order valence-corrected chi connectivity index (χ2v) is 8.34. The normalized spacial score (nSPS) is 18.7. The second-order valence-electron chi connectivity index (χ2n) is 6.04. The van der Waals surface area contributed by atoms with E-state index in [1.807, 2.05) is 0 Å². The Hall–Kier alpha value is -0.620. The van der Waals surface area contributed by atoms with Crippen molar-refractivity contribution in [2.24, 2.45) is 5.73 Å². The van der Waals surface area contributed by atoms with Gasteiger partial charge in [0.25, 0.3) is 0 Å². The van der Waals surface area contributed by atoms with Gasteiger partial charge in [0, 0.05) is 19.5 Å². The minimum absolute atomic E-state index is 0.194. The van der Waals surface area contributed by atoms with Crippen LogP contribution in [0.3, 0.4) is 0 Å². The molecule has 6 heteroatoms. The molecule has 1 fully saturated rings. The van der Waals surface area contributed by atoms with Crippen molar-refractivity contribution in [2.45, 2.75) is 57.8 Å². The Balaban J connectivity index is 1.84. The largest absolute Gasteiger partial charge is 0.370 e. The number of hydrogen-bond acceptors (Lipinski definition) is 4. The minimum Gasteiger partial charge on any atom is -0.370 e. The molecule has 0 atom stereocenters. The van der Waals surface area contributed by atoms with Crippen molar-refractivity contribution in [1.29, 1.82) is 0 Å². The van der Waals surface area contributed by atoms with Crippen LogP contribution < -0.4 is 5.73 Å². The van der Waals surface area contributed by atoms with Crippen molar-refractivity contribution >= 4 is 15.7 Å². The standard InChI is InChI=1S/C15H30N2O3S/c16-15(18)9-7-5-3-1-2-4-6-8-10-17-11-13-21(19,20)14-12-17/h1-14H2,(H2,16,18). The number of amides is 1. The number of unbranched alkanes of at least 4 members (excludes halogenated alkanes) is 7. The smallest absolute Gasteiger partial charge is 0.217 e. The van der Waals surface area contributed by atoms with Gasteiger partial charge in [-0.3, -0.25) is 4.79 Å². The number of sulfone groups is 1. The summed E-state index contributed by atoms with van der Waals surface area (Å²) in [6, 6.07) is 0. The molecule has 0 aromatic carbocycles. The number of hydrogen-bond donors (Lipinski definition) is 1. The highest BCUT2D eigenvalue weighted by Crippen LogP contribution is 2.11. The molecule has 1 saturated heterocycles. The third-order valence-electron chi connectivity index (χ3n) is 4.08. The summed E-state index contributed by atoms with van der Waals surface area (Å²) in [5, 5.41) is 0. The molecule has 21 heavy (non-hydrogen) atoms. The summed E-state index contributed by atoms with van der Waals surface area (Å²) in [4.78, 5) is 12.8. The number of nitrogens with two attached hydrogens (primary N) is 1. The lowest BCUT2D eigenvalue weighted by molar-refractivity contribution is -0.118. The van der Waals surface area contributed by atoms with Gasteiger partial charge < -0.3 is 10.6 Å². The Morgan fingerprint density at radius 1 is 0.857 bits per heavy atom. The molecule has 1 aliphatic rings. The van der Waals surface area contributed by atoms with Crippen molar-refractivity contribution in [3.8, 4) is 0 Å². The molecule has 0 aromatic rings. The van der Waals surface area contributed by atoms with E-state index in [4.69, 9.17) is 5.73 Å². The summed E-state index contributed by atoms with van der Waals surface area (Å²) in [7, 11) is -2.74. The van der Waals surface area contributed by atoms with Crippen LogP contribution in [0.1, 0.15) is 57.8 Å². The van der Waals surface area contributed by atoms with Gasteiger partial charge in [-0.25, -0.2) is 8.42 Å². The first-order valence-corrected chi connectivity index (χ1v) is 10.0. The van der Waals surface area contributed by atoms with Crippen LogP contribution in [0, 0.1) is 0 Å². The zero-order chi connectivity index (χ0) is 15.6. The fourth-order valence-corrected chi connectivity index (χ4v) is 3.95.